The van der Waals surface area contributed by atoms with E-state index >= 15 is 0 Å². The van der Waals surface area contributed by atoms with Gasteiger partial charge in [0.2, 0.25) is 5.91 Å². The Morgan fingerprint density at radius 2 is 1.76 bits per heavy atom. The smallest absolute Gasteiger partial charge is 0.226 e. The van der Waals surface area contributed by atoms with E-state index < -0.39 is 5.54 Å². The Kier molecular flexibility index (Phi) is 5.19. The van der Waals surface area contributed by atoms with Gasteiger partial charge in [-0.1, -0.05) is 15.9 Å². The van der Waals surface area contributed by atoms with Crippen LogP contribution in [0.5, 0.6) is 0 Å². The molecule has 17 heavy (non-hydrogen) atoms. The van der Waals surface area contributed by atoms with Crippen molar-refractivity contribution < 1.29 is 4.79 Å². The van der Waals surface area contributed by atoms with Gasteiger partial charge in [0.1, 0.15) is 0 Å². The molecular formula is C11H13Br3N2O. The molecule has 3 nitrogen and oxygen atoms in total. The maximum Gasteiger partial charge on any atom is 0.226 e. The van der Waals surface area contributed by atoms with Gasteiger partial charge in [0.25, 0.3) is 0 Å². The highest BCUT2D eigenvalue weighted by atomic mass is 79.9. The number of nitrogens with one attached hydrogen (secondary N) is 1. The standard InChI is InChI=1S/C11H13Br3N2O/c1-11(2,15)5-9(17)16-10-7(13)3-6(12)4-8(10)14/h3-4H,5,15H2,1-2H3,(H,16,17). The monoisotopic (exact) mass is 426 g/mol. The molecule has 0 saturated heterocycles. The highest BCUT2D eigenvalue weighted by molar-refractivity contribution is 9.11. The molecule has 1 aromatic carbocycles. The Balaban J connectivity index is 2.86. The van der Waals surface area contributed by atoms with Crippen LogP contribution < -0.4 is 11.1 Å². The normalized spacial score (nSPS) is 11.4. The van der Waals surface area contributed by atoms with E-state index in [9.17, 15) is 4.79 Å². The molecule has 0 aliphatic heterocycles. The minimum absolute atomic E-state index is 0.110. The summed E-state index contributed by atoms with van der Waals surface area (Å²) in [5.41, 5.74) is 5.99. The van der Waals surface area contributed by atoms with Gasteiger partial charge in [-0.15, -0.1) is 0 Å². The van der Waals surface area contributed by atoms with E-state index in [1.54, 1.807) is 0 Å². The number of carbonyl (C=O) groups is 1. The van der Waals surface area contributed by atoms with E-state index in [-0.39, 0.29) is 12.3 Å². The van der Waals surface area contributed by atoms with Crippen LogP contribution in [-0.4, -0.2) is 11.4 Å². The third-order valence-corrected chi connectivity index (χ3v) is 3.60. The number of carbonyl (C=O) groups excluding carboxylic acids is 1. The molecule has 0 fully saturated rings. The largest absolute Gasteiger partial charge is 0.325 e. The van der Waals surface area contributed by atoms with Crippen LogP contribution in [0, 0.1) is 0 Å². The van der Waals surface area contributed by atoms with E-state index in [4.69, 9.17) is 5.73 Å². The average Bonchev–Trinajstić information content (AvgIpc) is 2.08. The van der Waals surface area contributed by atoms with Crippen molar-refractivity contribution in [2.75, 3.05) is 5.32 Å². The summed E-state index contributed by atoms with van der Waals surface area (Å²) in [6.45, 7) is 3.64. The lowest BCUT2D eigenvalue weighted by atomic mass is 10.0. The molecule has 0 unspecified atom stereocenters. The van der Waals surface area contributed by atoms with E-state index in [2.05, 4.69) is 53.1 Å². The predicted octanol–water partition coefficient (Wildman–Crippen LogP) is 4.04. The van der Waals surface area contributed by atoms with Crippen molar-refractivity contribution in [1.29, 1.82) is 0 Å². The lowest BCUT2D eigenvalue weighted by molar-refractivity contribution is -0.117. The van der Waals surface area contributed by atoms with E-state index in [0.717, 1.165) is 13.4 Å². The minimum Gasteiger partial charge on any atom is -0.325 e. The van der Waals surface area contributed by atoms with Gasteiger partial charge >= 0.3 is 0 Å². The van der Waals surface area contributed by atoms with Gasteiger partial charge in [-0.2, -0.15) is 0 Å². The molecular weight excluding hydrogens is 416 g/mol. The van der Waals surface area contributed by atoms with Gasteiger partial charge in [-0.25, -0.2) is 0 Å². The highest BCUT2D eigenvalue weighted by Gasteiger charge is 2.18. The van der Waals surface area contributed by atoms with Crippen LogP contribution in [0.2, 0.25) is 0 Å². The molecule has 0 bridgehead atoms. The molecule has 0 aromatic heterocycles. The Morgan fingerprint density at radius 1 is 1.29 bits per heavy atom. The number of anilines is 1. The zero-order valence-corrected chi connectivity index (χ0v) is 14.2. The molecule has 3 N–H and O–H groups in total. The van der Waals surface area contributed by atoms with E-state index in [0.29, 0.717) is 5.69 Å². The topological polar surface area (TPSA) is 55.1 Å². The van der Waals surface area contributed by atoms with Crippen LogP contribution >= 0.6 is 47.8 Å². The van der Waals surface area contributed by atoms with E-state index in [1.807, 2.05) is 26.0 Å². The van der Waals surface area contributed by atoms with Crippen molar-refractivity contribution in [3.05, 3.63) is 25.6 Å². The number of halogens is 3. The lowest BCUT2D eigenvalue weighted by Gasteiger charge is -2.18. The van der Waals surface area contributed by atoms with Crippen LogP contribution in [0.1, 0.15) is 20.3 Å². The predicted molar refractivity (Wildman–Crippen MR) is 81.1 cm³/mol. The first-order chi connectivity index (χ1) is 7.69. The van der Waals surface area contributed by atoms with Gasteiger partial charge in [-0.05, 0) is 57.8 Å². The Labute approximate surface area is 126 Å². The fourth-order valence-electron chi connectivity index (χ4n) is 1.26. The number of hydrogen-bond donors (Lipinski definition) is 2. The quantitative estimate of drug-likeness (QED) is 0.763. The second-order valence-electron chi connectivity index (χ2n) is 4.46. The van der Waals surface area contributed by atoms with Gasteiger partial charge < -0.3 is 11.1 Å². The van der Waals surface area contributed by atoms with Crippen molar-refractivity contribution in [2.45, 2.75) is 25.8 Å². The van der Waals surface area contributed by atoms with Crippen LogP contribution in [-0.2, 0) is 4.79 Å². The molecule has 0 spiro atoms. The molecule has 0 radical (unpaired) electrons. The Morgan fingerprint density at radius 3 is 2.18 bits per heavy atom. The highest BCUT2D eigenvalue weighted by Crippen LogP contribution is 2.34. The van der Waals surface area contributed by atoms with Crippen molar-refractivity contribution in [1.82, 2.24) is 0 Å². The summed E-state index contributed by atoms with van der Waals surface area (Å²) in [6, 6.07) is 3.74. The molecule has 1 amide bonds. The van der Waals surface area contributed by atoms with Gasteiger partial charge in [0.15, 0.2) is 0 Å². The third-order valence-electron chi connectivity index (χ3n) is 1.89. The second kappa shape index (κ2) is 5.82. The average molecular weight is 429 g/mol. The molecule has 6 heteroatoms. The SMILES string of the molecule is CC(C)(N)CC(=O)Nc1c(Br)cc(Br)cc1Br. The van der Waals surface area contributed by atoms with Crippen LogP contribution in [0.25, 0.3) is 0 Å². The van der Waals surface area contributed by atoms with E-state index in [1.165, 1.54) is 0 Å². The van der Waals surface area contributed by atoms with Crippen LogP contribution in [0.4, 0.5) is 5.69 Å². The summed E-state index contributed by atoms with van der Waals surface area (Å²) in [5.74, 6) is -0.110. The van der Waals surface area contributed by atoms with Gasteiger partial charge in [-0.3, -0.25) is 4.79 Å². The number of nitrogens with two attached hydrogens (primary N) is 1. The zero-order valence-electron chi connectivity index (χ0n) is 9.48. The molecule has 0 aliphatic carbocycles. The first-order valence-corrected chi connectivity index (χ1v) is 7.30. The number of benzene rings is 1. The minimum atomic E-state index is -0.515. The molecule has 94 valence electrons. The van der Waals surface area contributed by atoms with Gasteiger partial charge in [0.05, 0.1) is 5.69 Å². The second-order valence-corrected chi connectivity index (χ2v) is 7.08. The molecule has 0 heterocycles. The number of amides is 1. The Bertz CT molecular complexity index is 418. The summed E-state index contributed by atoms with van der Waals surface area (Å²) in [5, 5.41) is 2.83. The molecule has 0 atom stereocenters. The summed E-state index contributed by atoms with van der Waals surface area (Å²) in [7, 11) is 0. The summed E-state index contributed by atoms with van der Waals surface area (Å²) in [4.78, 5) is 11.8. The zero-order chi connectivity index (χ0) is 13.2. The molecule has 0 aliphatic rings. The van der Waals surface area contributed by atoms with Crippen molar-refractivity contribution in [2.24, 2.45) is 5.73 Å². The molecule has 1 aromatic rings. The molecule has 0 saturated carbocycles. The van der Waals surface area contributed by atoms with Crippen LogP contribution in [0.3, 0.4) is 0 Å². The van der Waals surface area contributed by atoms with Crippen molar-refractivity contribution in [3.8, 4) is 0 Å². The summed E-state index contributed by atoms with van der Waals surface area (Å²) in [6.07, 6.45) is 0.266. The van der Waals surface area contributed by atoms with Gasteiger partial charge in [0, 0.05) is 25.4 Å². The maximum absolute atomic E-state index is 11.8. The fraction of sp³-hybridized carbons (Fsp3) is 0.364. The summed E-state index contributed by atoms with van der Waals surface area (Å²) < 4.78 is 2.54. The first kappa shape index (κ1) is 15.1. The number of rotatable bonds is 3. The molecule has 1 rings (SSSR count). The third kappa shape index (κ3) is 5.07. The summed E-state index contributed by atoms with van der Waals surface area (Å²) >= 11 is 10.2. The van der Waals surface area contributed by atoms with Crippen molar-refractivity contribution in [3.63, 3.8) is 0 Å². The first-order valence-electron chi connectivity index (χ1n) is 4.92. The maximum atomic E-state index is 11.8. The Hall–Kier alpha value is 0.0900. The van der Waals surface area contributed by atoms with Crippen LogP contribution in [0.15, 0.2) is 25.6 Å². The van der Waals surface area contributed by atoms with Crippen molar-refractivity contribution >= 4 is 59.4 Å². The lowest BCUT2D eigenvalue weighted by Crippen LogP contribution is -2.36. The number of hydrogen-bond acceptors (Lipinski definition) is 2. The fourth-order valence-corrected chi connectivity index (χ4v) is 3.72.